The molecule has 4 aromatic rings. The molecule has 1 heterocycles. The fourth-order valence-corrected chi connectivity index (χ4v) is 4.45. The van der Waals surface area contributed by atoms with Gasteiger partial charge in [0.15, 0.2) is 0 Å². The molecule has 1 fully saturated rings. The predicted molar refractivity (Wildman–Crippen MR) is 123 cm³/mol. The molecular weight excluding hydrogens is 404 g/mol. The zero-order chi connectivity index (χ0) is 22.1. The number of fused-ring (bicyclic) bond motifs is 1. The Bertz CT molecular complexity index is 1270. The van der Waals surface area contributed by atoms with Crippen molar-refractivity contribution < 1.29 is 19.4 Å². The van der Waals surface area contributed by atoms with Gasteiger partial charge in [-0.2, -0.15) is 0 Å². The highest BCUT2D eigenvalue weighted by Crippen LogP contribution is 2.38. The van der Waals surface area contributed by atoms with Crippen molar-refractivity contribution in [3.8, 4) is 28.6 Å². The van der Waals surface area contributed by atoms with Crippen LogP contribution in [0.5, 0.6) is 17.2 Å². The summed E-state index contributed by atoms with van der Waals surface area (Å²) in [5.41, 5.74) is 2.86. The maximum Gasteiger partial charge on any atom is 0.335 e. The van der Waals surface area contributed by atoms with Gasteiger partial charge in [0.2, 0.25) is 0 Å². The maximum atomic E-state index is 11.5. The molecule has 0 atom stereocenters. The van der Waals surface area contributed by atoms with E-state index in [0.717, 1.165) is 41.2 Å². The van der Waals surface area contributed by atoms with Crippen LogP contribution in [0.4, 0.5) is 0 Å². The van der Waals surface area contributed by atoms with E-state index in [0.29, 0.717) is 17.3 Å². The van der Waals surface area contributed by atoms with Crippen LogP contribution in [0.1, 0.15) is 42.1 Å². The number of imidazole rings is 1. The number of ether oxygens (including phenoxy) is 2. The highest BCUT2D eigenvalue weighted by atomic mass is 16.5. The van der Waals surface area contributed by atoms with E-state index >= 15 is 0 Å². The molecule has 3 aromatic carbocycles. The molecular formula is C26H24N2O4. The summed E-state index contributed by atoms with van der Waals surface area (Å²) >= 11 is 0. The first-order valence-electron chi connectivity index (χ1n) is 10.8. The van der Waals surface area contributed by atoms with E-state index in [1.165, 1.54) is 12.8 Å². The number of hydrogen-bond acceptors (Lipinski definition) is 4. The van der Waals surface area contributed by atoms with E-state index in [4.69, 9.17) is 14.5 Å². The van der Waals surface area contributed by atoms with Crippen molar-refractivity contribution in [1.82, 2.24) is 9.55 Å². The van der Waals surface area contributed by atoms with Crippen molar-refractivity contribution in [2.75, 3.05) is 7.11 Å². The van der Waals surface area contributed by atoms with Crippen molar-refractivity contribution in [3.05, 3.63) is 72.3 Å². The minimum absolute atomic E-state index is 0.247. The molecule has 0 bridgehead atoms. The predicted octanol–water partition coefficient (Wildman–Crippen LogP) is 6.32. The van der Waals surface area contributed by atoms with Crippen LogP contribution < -0.4 is 9.47 Å². The zero-order valence-electron chi connectivity index (χ0n) is 17.8. The van der Waals surface area contributed by atoms with Gasteiger partial charge in [0.05, 0.1) is 23.7 Å². The molecule has 0 amide bonds. The third kappa shape index (κ3) is 3.80. The fraction of sp³-hybridized carbons (Fsp3) is 0.231. The highest BCUT2D eigenvalue weighted by Gasteiger charge is 2.24. The average Bonchev–Trinajstić information content (AvgIpc) is 3.47. The monoisotopic (exact) mass is 428 g/mol. The van der Waals surface area contributed by atoms with Gasteiger partial charge in [-0.3, -0.25) is 0 Å². The average molecular weight is 428 g/mol. The normalized spacial score (nSPS) is 14.0. The Morgan fingerprint density at radius 3 is 2.44 bits per heavy atom. The molecule has 6 nitrogen and oxygen atoms in total. The van der Waals surface area contributed by atoms with E-state index in [1.807, 2.05) is 54.6 Å². The third-order valence-electron chi connectivity index (χ3n) is 6.01. The van der Waals surface area contributed by atoms with Gasteiger partial charge >= 0.3 is 5.97 Å². The topological polar surface area (TPSA) is 73.6 Å². The number of rotatable bonds is 6. The van der Waals surface area contributed by atoms with E-state index in [-0.39, 0.29) is 5.56 Å². The number of benzene rings is 3. The lowest BCUT2D eigenvalue weighted by molar-refractivity contribution is 0.0697. The Morgan fingerprint density at radius 1 is 0.969 bits per heavy atom. The minimum atomic E-state index is -0.946. The Balaban J connectivity index is 1.56. The fourth-order valence-electron chi connectivity index (χ4n) is 4.45. The van der Waals surface area contributed by atoms with Crippen LogP contribution in [0.3, 0.4) is 0 Å². The summed E-state index contributed by atoms with van der Waals surface area (Å²) in [6.07, 6.45) is 4.58. The smallest absolute Gasteiger partial charge is 0.335 e. The van der Waals surface area contributed by atoms with Crippen LogP contribution in [0.25, 0.3) is 22.4 Å². The summed E-state index contributed by atoms with van der Waals surface area (Å²) in [7, 11) is 1.63. The second kappa shape index (κ2) is 8.38. The second-order valence-corrected chi connectivity index (χ2v) is 8.06. The van der Waals surface area contributed by atoms with E-state index in [2.05, 4.69) is 4.57 Å². The Hall–Kier alpha value is -3.80. The molecule has 1 aliphatic carbocycles. The van der Waals surface area contributed by atoms with Gasteiger partial charge in [-0.25, -0.2) is 9.78 Å². The van der Waals surface area contributed by atoms with Crippen LogP contribution in [0, 0.1) is 0 Å². The number of methoxy groups -OCH3 is 1. The van der Waals surface area contributed by atoms with Crippen molar-refractivity contribution in [2.45, 2.75) is 31.7 Å². The first kappa shape index (κ1) is 20.1. The number of carbonyl (C=O) groups is 1. The molecule has 1 saturated carbocycles. The van der Waals surface area contributed by atoms with Gasteiger partial charge < -0.3 is 19.1 Å². The molecule has 1 aliphatic rings. The van der Waals surface area contributed by atoms with Crippen LogP contribution in [0.15, 0.2) is 66.7 Å². The SMILES string of the molecule is COc1ccc(Oc2cccc(-c3nc4cc(C(=O)O)ccc4n3C3CCCC3)c2)cc1. The number of hydrogen-bond donors (Lipinski definition) is 1. The first-order chi connectivity index (χ1) is 15.6. The summed E-state index contributed by atoms with van der Waals surface area (Å²) in [6, 6.07) is 20.9. The maximum absolute atomic E-state index is 11.5. The largest absolute Gasteiger partial charge is 0.497 e. The molecule has 0 unspecified atom stereocenters. The Kier molecular flexibility index (Phi) is 5.27. The Labute approximate surface area is 186 Å². The molecule has 162 valence electrons. The summed E-state index contributed by atoms with van der Waals surface area (Å²) < 4.78 is 13.5. The van der Waals surface area contributed by atoms with Crippen LogP contribution in [0.2, 0.25) is 0 Å². The second-order valence-electron chi connectivity index (χ2n) is 8.06. The van der Waals surface area contributed by atoms with Crippen LogP contribution in [-0.4, -0.2) is 27.7 Å². The number of aromatic nitrogens is 2. The van der Waals surface area contributed by atoms with Gasteiger partial charge in [-0.15, -0.1) is 0 Å². The summed E-state index contributed by atoms with van der Waals surface area (Å²) in [4.78, 5) is 16.3. The summed E-state index contributed by atoms with van der Waals surface area (Å²) in [5.74, 6) is 2.10. The molecule has 1 N–H and O–H groups in total. The van der Waals surface area contributed by atoms with Crippen molar-refractivity contribution >= 4 is 17.0 Å². The van der Waals surface area contributed by atoms with E-state index < -0.39 is 5.97 Å². The molecule has 6 heteroatoms. The zero-order valence-corrected chi connectivity index (χ0v) is 17.8. The molecule has 0 radical (unpaired) electrons. The molecule has 0 aliphatic heterocycles. The van der Waals surface area contributed by atoms with Gasteiger partial charge in [-0.1, -0.05) is 25.0 Å². The lowest BCUT2D eigenvalue weighted by Crippen LogP contribution is -2.06. The highest BCUT2D eigenvalue weighted by molar-refractivity contribution is 5.93. The molecule has 0 saturated heterocycles. The number of carboxylic acid groups (broad SMARTS) is 1. The van der Waals surface area contributed by atoms with E-state index in [1.54, 1.807) is 19.2 Å². The van der Waals surface area contributed by atoms with Crippen LogP contribution in [-0.2, 0) is 0 Å². The number of carboxylic acids is 1. The molecule has 0 spiro atoms. The number of aromatic carboxylic acids is 1. The summed E-state index contributed by atoms with van der Waals surface area (Å²) in [5, 5.41) is 9.40. The molecule has 1 aromatic heterocycles. The standard InChI is InChI=1S/C26H24N2O4/c1-31-20-10-12-21(13-11-20)32-22-8-4-5-17(15-22)25-27-23-16-18(26(29)30)9-14-24(23)28(25)19-6-2-3-7-19/h4-5,8-16,19H,2-3,6-7H2,1H3,(H,29,30). The minimum Gasteiger partial charge on any atom is -0.497 e. The van der Waals surface area contributed by atoms with Gasteiger partial charge in [0.25, 0.3) is 0 Å². The van der Waals surface area contributed by atoms with Gasteiger partial charge in [-0.05, 0) is 67.4 Å². The van der Waals surface area contributed by atoms with Gasteiger partial charge in [0, 0.05) is 11.6 Å². The van der Waals surface area contributed by atoms with Crippen molar-refractivity contribution in [1.29, 1.82) is 0 Å². The first-order valence-corrected chi connectivity index (χ1v) is 10.8. The third-order valence-corrected chi connectivity index (χ3v) is 6.01. The number of nitrogens with zero attached hydrogens (tertiary/aromatic N) is 2. The molecule has 5 rings (SSSR count). The van der Waals surface area contributed by atoms with Crippen molar-refractivity contribution in [3.63, 3.8) is 0 Å². The molecule has 32 heavy (non-hydrogen) atoms. The lowest BCUT2D eigenvalue weighted by atomic mass is 10.1. The van der Waals surface area contributed by atoms with Gasteiger partial charge in [0.1, 0.15) is 23.1 Å². The van der Waals surface area contributed by atoms with Crippen LogP contribution >= 0.6 is 0 Å². The quantitative estimate of drug-likeness (QED) is 0.389. The van der Waals surface area contributed by atoms with E-state index in [9.17, 15) is 9.90 Å². The summed E-state index contributed by atoms with van der Waals surface area (Å²) in [6.45, 7) is 0. The lowest BCUT2D eigenvalue weighted by Gasteiger charge is -2.17. The van der Waals surface area contributed by atoms with Crippen molar-refractivity contribution in [2.24, 2.45) is 0 Å². The Morgan fingerprint density at radius 2 is 1.72 bits per heavy atom.